The van der Waals surface area contributed by atoms with Gasteiger partial charge >= 0.3 is 0 Å². The molecule has 26 heavy (non-hydrogen) atoms. The van der Waals surface area contributed by atoms with Crippen LogP contribution in [0.1, 0.15) is 15.9 Å². The minimum Gasteiger partial charge on any atom is -0.279 e. The fourth-order valence-corrected chi connectivity index (χ4v) is 4.33. The summed E-state index contributed by atoms with van der Waals surface area (Å²) in [6.45, 7) is 0.491. The van der Waals surface area contributed by atoms with Gasteiger partial charge in [0, 0.05) is 3.57 Å². The maximum atomic E-state index is 13.3. The number of benzene rings is 3. The molecule has 0 radical (unpaired) electrons. The van der Waals surface area contributed by atoms with E-state index in [-0.39, 0.29) is 5.91 Å². The zero-order valence-corrected chi connectivity index (χ0v) is 16.8. The van der Waals surface area contributed by atoms with Crippen LogP contribution in [-0.4, -0.2) is 10.9 Å². The van der Waals surface area contributed by atoms with Gasteiger partial charge in [-0.2, -0.15) is 0 Å². The highest BCUT2D eigenvalue weighted by molar-refractivity contribution is 14.1. The van der Waals surface area contributed by atoms with Crippen molar-refractivity contribution in [2.24, 2.45) is 0 Å². The normalized spacial score (nSPS) is 10.8. The molecule has 1 heterocycles. The van der Waals surface area contributed by atoms with Crippen LogP contribution in [0.4, 0.5) is 5.13 Å². The molecular weight excluding hydrogens is 455 g/mol. The lowest BCUT2D eigenvalue weighted by Gasteiger charge is -2.20. The largest absolute Gasteiger partial charge is 0.279 e. The predicted molar refractivity (Wildman–Crippen MR) is 116 cm³/mol. The van der Waals surface area contributed by atoms with Gasteiger partial charge < -0.3 is 0 Å². The van der Waals surface area contributed by atoms with E-state index in [9.17, 15) is 4.79 Å². The van der Waals surface area contributed by atoms with E-state index in [2.05, 4.69) is 22.6 Å². The van der Waals surface area contributed by atoms with Crippen molar-refractivity contribution in [1.29, 1.82) is 0 Å². The molecule has 0 unspecified atom stereocenters. The molecule has 0 atom stereocenters. The van der Waals surface area contributed by atoms with Gasteiger partial charge in [0.05, 0.1) is 22.3 Å². The fourth-order valence-electron chi connectivity index (χ4n) is 2.75. The van der Waals surface area contributed by atoms with E-state index in [1.54, 1.807) is 16.2 Å². The Hall–Kier alpha value is -2.25. The number of rotatable bonds is 4. The smallest absolute Gasteiger partial charge is 0.261 e. The highest BCUT2D eigenvalue weighted by Crippen LogP contribution is 2.31. The fraction of sp³-hybridized carbons (Fsp3) is 0.0476. The van der Waals surface area contributed by atoms with E-state index in [0.717, 1.165) is 24.5 Å². The molecule has 128 valence electrons. The molecule has 0 saturated heterocycles. The number of carbonyl (C=O) groups is 1. The van der Waals surface area contributed by atoms with Gasteiger partial charge in [-0.3, -0.25) is 9.69 Å². The maximum absolute atomic E-state index is 13.3. The lowest BCUT2D eigenvalue weighted by molar-refractivity contribution is 0.0984. The number of hydrogen-bond acceptors (Lipinski definition) is 3. The van der Waals surface area contributed by atoms with Crippen molar-refractivity contribution < 1.29 is 4.79 Å². The van der Waals surface area contributed by atoms with Gasteiger partial charge in [0.25, 0.3) is 5.91 Å². The van der Waals surface area contributed by atoms with Crippen molar-refractivity contribution in [1.82, 2.24) is 4.98 Å². The molecule has 0 aliphatic carbocycles. The summed E-state index contributed by atoms with van der Waals surface area (Å²) in [5.74, 6) is -0.0297. The number of carbonyl (C=O) groups excluding carboxylic acids is 1. The summed E-state index contributed by atoms with van der Waals surface area (Å²) in [6.07, 6.45) is 0. The van der Waals surface area contributed by atoms with Crippen LogP contribution in [0.25, 0.3) is 10.2 Å². The highest BCUT2D eigenvalue weighted by Gasteiger charge is 2.23. The number of thiazole rings is 1. The number of amides is 1. The molecule has 3 nitrogen and oxygen atoms in total. The van der Waals surface area contributed by atoms with E-state index in [1.165, 1.54) is 0 Å². The molecule has 0 N–H and O–H groups in total. The molecule has 0 fully saturated rings. The monoisotopic (exact) mass is 470 g/mol. The molecule has 4 aromatic rings. The second-order valence-electron chi connectivity index (χ2n) is 5.82. The maximum Gasteiger partial charge on any atom is 0.261 e. The Morgan fingerprint density at radius 2 is 1.62 bits per heavy atom. The third-order valence-electron chi connectivity index (χ3n) is 4.05. The van der Waals surface area contributed by atoms with Crippen molar-refractivity contribution in [2.45, 2.75) is 6.54 Å². The Balaban J connectivity index is 1.78. The van der Waals surface area contributed by atoms with Crippen LogP contribution in [0.2, 0.25) is 0 Å². The van der Waals surface area contributed by atoms with Gasteiger partial charge in [0.15, 0.2) is 5.13 Å². The van der Waals surface area contributed by atoms with Crippen molar-refractivity contribution in [2.75, 3.05) is 4.90 Å². The van der Waals surface area contributed by atoms with Gasteiger partial charge in [-0.1, -0.05) is 65.9 Å². The lowest BCUT2D eigenvalue weighted by Crippen LogP contribution is -2.30. The first-order valence-electron chi connectivity index (χ1n) is 8.18. The molecule has 0 aliphatic rings. The van der Waals surface area contributed by atoms with Crippen molar-refractivity contribution in [3.05, 3.63) is 93.6 Å². The Kier molecular flexibility index (Phi) is 4.99. The minimum absolute atomic E-state index is 0.0297. The van der Waals surface area contributed by atoms with Crippen LogP contribution in [0.15, 0.2) is 78.9 Å². The Bertz CT molecular complexity index is 1030. The number of nitrogens with zero attached hydrogens (tertiary/aromatic N) is 2. The molecular formula is C21H15IN2OS. The summed E-state index contributed by atoms with van der Waals surface area (Å²) < 4.78 is 2.02. The summed E-state index contributed by atoms with van der Waals surface area (Å²) in [6, 6.07) is 25.7. The summed E-state index contributed by atoms with van der Waals surface area (Å²) in [4.78, 5) is 19.8. The number of hydrogen-bond donors (Lipinski definition) is 0. The van der Waals surface area contributed by atoms with Gasteiger partial charge in [-0.15, -0.1) is 0 Å². The van der Waals surface area contributed by atoms with Crippen molar-refractivity contribution in [3.8, 4) is 0 Å². The lowest BCUT2D eigenvalue weighted by atomic mass is 10.1. The van der Waals surface area contributed by atoms with Crippen LogP contribution in [0.5, 0.6) is 0 Å². The molecule has 1 amide bonds. The standard InChI is InChI=1S/C21H15IN2OS/c22-17-11-5-4-10-16(17)20(25)24(14-15-8-2-1-3-9-15)21-23-18-12-6-7-13-19(18)26-21/h1-13H,14H2. The van der Waals surface area contributed by atoms with Crippen LogP contribution in [0, 0.1) is 3.57 Å². The number of halogens is 1. The zero-order chi connectivity index (χ0) is 17.9. The summed E-state index contributed by atoms with van der Waals surface area (Å²) in [5.41, 5.74) is 2.69. The first kappa shape index (κ1) is 17.2. The van der Waals surface area contributed by atoms with E-state index < -0.39 is 0 Å². The molecule has 5 heteroatoms. The third-order valence-corrected chi connectivity index (χ3v) is 6.05. The number of aromatic nitrogens is 1. The first-order chi connectivity index (χ1) is 12.7. The van der Waals surface area contributed by atoms with E-state index in [1.807, 2.05) is 78.9 Å². The number of fused-ring (bicyclic) bond motifs is 1. The van der Waals surface area contributed by atoms with E-state index in [4.69, 9.17) is 4.98 Å². The average molecular weight is 470 g/mol. The summed E-state index contributed by atoms with van der Waals surface area (Å²) in [5, 5.41) is 0.722. The number of anilines is 1. The zero-order valence-electron chi connectivity index (χ0n) is 13.8. The van der Waals surface area contributed by atoms with Gasteiger partial charge in [-0.05, 0) is 52.4 Å². The molecule has 0 bridgehead atoms. The second kappa shape index (κ2) is 7.55. The van der Waals surface area contributed by atoms with Crippen LogP contribution in [0.3, 0.4) is 0 Å². The van der Waals surface area contributed by atoms with Crippen LogP contribution >= 0.6 is 33.9 Å². The number of para-hydroxylation sites is 1. The Morgan fingerprint density at radius 3 is 2.38 bits per heavy atom. The van der Waals surface area contributed by atoms with E-state index in [0.29, 0.717) is 12.1 Å². The summed E-state index contributed by atoms with van der Waals surface area (Å²) >= 11 is 3.75. The van der Waals surface area contributed by atoms with Crippen LogP contribution in [-0.2, 0) is 6.54 Å². The van der Waals surface area contributed by atoms with E-state index >= 15 is 0 Å². The topological polar surface area (TPSA) is 33.2 Å². The van der Waals surface area contributed by atoms with Gasteiger partial charge in [0.2, 0.25) is 0 Å². The quantitative estimate of drug-likeness (QED) is 0.356. The molecule has 0 aliphatic heterocycles. The Labute approximate surface area is 169 Å². The van der Waals surface area contributed by atoms with Gasteiger partial charge in [-0.25, -0.2) is 4.98 Å². The average Bonchev–Trinajstić information content (AvgIpc) is 3.10. The summed E-state index contributed by atoms with van der Waals surface area (Å²) in [7, 11) is 0. The first-order valence-corrected chi connectivity index (χ1v) is 10.1. The van der Waals surface area contributed by atoms with Gasteiger partial charge in [0.1, 0.15) is 0 Å². The van der Waals surface area contributed by atoms with Crippen molar-refractivity contribution in [3.63, 3.8) is 0 Å². The van der Waals surface area contributed by atoms with Crippen molar-refractivity contribution >= 4 is 55.2 Å². The predicted octanol–water partition coefficient (Wildman–Crippen LogP) is 5.75. The molecule has 3 aromatic carbocycles. The second-order valence-corrected chi connectivity index (χ2v) is 7.99. The van der Waals surface area contributed by atoms with Crippen LogP contribution < -0.4 is 4.90 Å². The Morgan fingerprint density at radius 1 is 0.923 bits per heavy atom. The SMILES string of the molecule is O=C(c1ccccc1I)N(Cc1ccccc1)c1nc2ccccc2s1. The molecule has 1 aromatic heterocycles. The highest BCUT2D eigenvalue weighted by atomic mass is 127. The third kappa shape index (κ3) is 3.50. The minimum atomic E-state index is -0.0297. The molecule has 0 spiro atoms. The molecule has 0 saturated carbocycles. The molecule has 4 rings (SSSR count).